The number of benzene rings is 1. The summed E-state index contributed by atoms with van der Waals surface area (Å²) in [6, 6.07) is 10.2. The number of sulfonamides is 1. The first-order valence-corrected chi connectivity index (χ1v) is 10.4. The molecule has 1 aromatic heterocycles. The van der Waals surface area contributed by atoms with Gasteiger partial charge in [-0.2, -0.15) is 4.31 Å². The van der Waals surface area contributed by atoms with Crippen molar-refractivity contribution in [1.29, 1.82) is 0 Å². The Kier molecular flexibility index (Phi) is 4.94. The van der Waals surface area contributed by atoms with E-state index >= 15 is 0 Å². The van der Waals surface area contributed by atoms with Crippen molar-refractivity contribution >= 4 is 21.6 Å². The molecular formula is C19H21N3O4S. The minimum absolute atomic E-state index is 0.0485. The first-order chi connectivity index (χ1) is 13.1. The summed E-state index contributed by atoms with van der Waals surface area (Å²) in [7, 11) is -3.52. The van der Waals surface area contributed by atoms with E-state index in [4.69, 9.17) is 4.74 Å². The molecule has 2 aliphatic rings. The first-order valence-electron chi connectivity index (χ1n) is 8.94. The van der Waals surface area contributed by atoms with Gasteiger partial charge in [-0.15, -0.1) is 0 Å². The van der Waals surface area contributed by atoms with Crippen molar-refractivity contribution in [2.75, 3.05) is 31.6 Å². The molecule has 0 bridgehead atoms. The zero-order chi connectivity index (χ0) is 18.9. The Morgan fingerprint density at radius 3 is 2.56 bits per heavy atom. The van der Waals surface area contributed by atoms with Crippen molar-refractivity contribution in [2.24, 2.45) is 5.92 Å². The second kappa shape index (κ2) is 7.38. The SMILES string of the molecule is O=C(Nc1ccc(S(=O)(=O)N2CCOCC2)cc1)C1CC1c1cccnc1. The number of carbonyl (C=O) groups is 1. The standard InChI is InChI=1S/C19H21N3O4S/c23-19(18-12-17(18)14-2-1-7-20-13-14)21-15-3-5-16(6-4-15)27(24,25)22-8-10-26-11-9-22/h1-7,13,17-18H,8-12H2,(H,21,23). The van der Waals surface area contributed by atoms with Crippen LogP contribution in [0.4, 0.5) is 5.69 Å². The third-order valence-electron chi connectivity index (χ3n) is 4.97. The molecule has 0 spiro atoms. The fraction of sp³-hybridized carbons (Fsp3) is 0.368. The summed E-state index contributed by atoms with van der Waals surface area (Å²) < 4.78 is 31.9. The number of ether oxygens (including phenoxy) is 1. The van der Waals surface area contributed by atoms with Gasteiger partial charge in [0.05, 0.1) is 18.1 Å². The molecule has 7 nitrogen and oxygen atoms in total. The van der Waals surface area contributed by atoms with E-state index in [1.165, 1.54) is 16.4 Å². The Balaban J connectivity index is 1.39. The van der Waals surface area contributed by atoms with Gasteiger partial charge in [0.2, 0.25) is 15.9 Å². The maximum absolute atomic E-state index is 12.6. The van der Waals surface area contributed by atoms with Crippen LogP contribution in [-0.4, -0.2) is 49.9 Å². The normalized spacial score (nSPS) is 23.0. The number of morpholine rings is 1. The van der Waals surface area contributed by atoms with Gasteiger partial charge < -0.3 is 10.1 Å². The van der Waals surface area contributed by atoms with Crippen LogP contribution >= 0.6 is 0 Å². The van der Waals surface area contributed by atoms with Crippen molar-refractivity contribution in [1.82, 2.24) is 9.29 Å². The highest BCUT2D eigenvalue weighted by molar-refractivity contribution is 7.89. The third-order valence-corrected chi connectivity index (χ3v) is 6.88. The predicted molar refractivity (Wildman–Crippen MR) is 99.7 cm³/mol. The summed E-state index contributed by atoms with van der Waals surface area (Å²) in [6.07, 6.45) is 4.32. The molecule has 8 heteroatoms. The first kappa shape index (κ1) is 18.1. The summed E-state index contributed by atoms with van der Waals surface area (Å²) in [4.78, 5) is 16.7. The summed E-state index contributed by atoms with van der Waals surface area (Å²) in [6.45, 7) is 1.54. The van der Waals surface area contributed by atoms with E-state index < -0.39 is 10.0 Å². The van der Waals surface area contributed by atoms with Crippen LogP contribution in [0.3, 0.4) is 0 Å². The second-order valence-electron chi connectivity index (χ2n) is 6.77. The van der Waals surface area contributed by atoms with Crippen LogP contribution in [0.1, 0.15) is 17.9 Å². The molecule has 2 fully saturated rings. The Labute approximate surface area is 158 Å². The van der Waals surface area contributed by atoms with Gasteiger partial charge >= 0.3 is 0 Å². The predicted octanol–water partition coefficient (Wildman–Crippen LogP) is 1.84. The molecule has 1 aliphatic heterocycles. The number of nitrogens with one attached hydrogen (secondary N) is 1. The molecule has 4 rings (SSSR count). The maximum atomic E-state index is 12.6. The zero-order valence-corrected chi connectivity index (χ0v) is 15.6. The van der Waals surface area contributed by atoms with Gasteiger partial charge in [0.25, 0.3) is 0 Å². The molecule has 142 valence electrons. The number of amides is 1. The molecule has 1 aromatic carbocycles. The maximum Gasteiger partial charge on any atom is 0.243 e. The van der Waals surface area contributed by atoms with Crippen molar-refractivity contribution in [2.45, 2.75) is 17.2 Å². The lowest BCUT2D eigenvalue weighted by Gasteiger charge is -2.26. The molecule has 1 saturated carbocycles. The highest BCUT2D eigenvalue weighted by Gasteiger charge is 2.44. The highest BCUT2D eigenvalue weighted by atomic mass is 32.2. The number of hydrogen-bond acceptors (Lipinski definition) is 5. The molecule has 2 atom stereocenters. The van der Waals surface area contributed by atoms with Crippen LogP contribution in [0.2, 0.25) is 0 Å². The van der Waals surface area contributed by atoms with E-state index in [1.807, 2.05) is 12.1 Å². The van der Waals surface area contributed by atoms with Crippen LogP contribution < -0.4 is 5.32 Å². The van der Waals surface area contributed by atoms with Gasteiger partial charge in [-0.3, -0.25) is 9.78 Å². The van der Waals surface area contributed by atoms with Crippen LogP contribution in [0.5, 0.6) is 0 Å². The van der Waals surface area contributed by atoms with E-state index in [0.29, 0.717) is 32.0 Å². The van der Waals surface area contributed by atoms with Crippen molar-refractivity contribution < 1.29 is 17.9 Å². The van der Waals surface area contributed by atoms with Gasteiger partial charge in [-0.1, -0.05) is 6.07 Å². The van der Waals surface area contributed by atoms with E-state index in [-0.39, 0.29) is 22.6 Å². The minimum atomic E-state index is -3.52. The van der Waals surface area contributed by atoms with Gasteiger partial charge in [-0.25, -0.2) is 8.42 Å². The molecule has 27 heavy (non-hydrogen) atoms. The van der Waals surface area contributed by atoms with Crippen molar-refractivity contribution in [3.63, 3.8) is 0 Å². The number of nitrogens with zero attached hydrogens (tertiary/aromatic N) is 2. The molecule has 1 amide bonds. The van der Waals surface area contributed by atoms with Crippen molar-refractivity contribution in [3.8, 4) is 0 Å². The van der Waals surface area contributed by atoms with Gasteiger partial charge in [0, 0.05) is 37.1 Å². The monoisotopic (exact) mass is 387 g/mol. The molecular weight excluding hydrogens is 366 g/mol. The minimum Gasteiger partial charge on any atom is -0.379 e. The molecule has 1 saturated heterocycles. The number of aromatic nitrogens is 1. The summed E-state index contributed by atoms with van der Waals surface area (Å²) in [5.41, 5.74) is 1.67. The summed E-state index contributed by atoms with van der Waals surface area (Å²) in [5, 5.41) is 2.87. The topological polar surface area (TPSA) is 88.6 Å². The third kappa shape index (κ3) is 3.87. The number of carbonyl (C=O) groups excluding carboxylic acids is 1. The van der Waals surface area contributed by atoms with E-state index in [2.05, 4.69) is 10.3 Å². The van der Waals surface area contributed by atoms with Crippen LogP contribution in [0, 0.1) is 5.92 Å². The smallest absolute Gasteiger partial charge is 0.243 e. The number of pyridine rings is 1. The number of anilines is 1. The molecule has 1 aliphatic carbocycles. The van der Waals surface area contributed by atoms with Crippen LogP contribution in [-0.2, 0) is 19.6 Å². The molecule has 2 unspecified atom stereocenters. The highest BCUT2D eigenvalue weighted by Crippen LogP contribution is 2.47. The lowest BCUT2D eigenvalue weighted by atomic mass is 10.1. The fourth-order valence-electron chi connectivity index (χ4n) is 3.33. The molecule has 2 aromatic rings. The largest absolute Gasteiger partial charge is 0.379 e. The Hall–Kier alpha value is -2.29. The van der Waals surface area contributed by atoms with E-state index in [9.17, 15) is 13.2 Å². The molecule has 1 N–H and O–H groups in total. The average molecular weight is 387 g/mol. The lowest BCUT2D eigenvalue weighted by Crippen LogP contribution is -2.40. The van der Waals surface area contributed by atoms with Crippen LogP contribution in [0.25, 0.3) is 0 Å². The Bertz CT molecular complexity index is 910. The average Bonchev–Trinajstić information content (AvgIpc) is 3.51. The van der Waals surface area contributed by atoms with Crippen LogP contribution in [0.15, 0.2) is 53.7 Å². The van der Waals surface area contributed by atoms with Gasteiger partial charge in [0.15, 0.2) is 0 Å². The van der Waals surface area contributed by atoms with E-state index in [1.54, 1.807) is 24.5 Å². The quantitative estimate of drug-likeness (QED) is 0.846. The summed E-state index contributed by atoms with van der Waals surface area (Å²) >= 11 is 0. The fourth-order valence-corrected chi connectivity index (χ4v) is 4.74. The van der Waals surface area contributed by atoms with Gasteiger partial charge in [-0.05, 0) is 48.2 Å². The number of hydrogen-bond donors (Lipinski definition) is 1. The Morgan fingerprint density at radius 2 is 1.89 bits per heavy atom. The molecule has 0 radical (unpaired) electrons. The molecule has 2 heterocycles. The Morgan fingerprint density at radius 1 is 1.15 bits per heavy atom. The van der Waals surface area contributed by atoms with Crippen molar-refractivity contribution in [3.05, 3.63) is 54.4 Å². The second-order valence-corrected chi connectivity index (χ2v) is 8.70. The zero-order valence-electron chi connectivity index (χ0n) is 14.7. The van der Waals surface area contributed by atoms with Gasteiger partial charge in [0.1, 0.15) is 0 Å². The number of rotatable bonds is 5. The lowest BCUT2D eigenvalue weighted by molar-refractivity contribution is -0.117. The van der Waals surface area contributed by atoms with E-state index in [0.717, 1.165) is 12.0 Å². The summed E-state index contributed by atoms with van der Waals surface area (Å²) in [5.74, 6) is 0.0956.